The summed E-state index contributed by atoms with van der Waals surface area (Å²) in [6, 6.07) is 8.79. The third-order valence-corrected chi connectivity index (χ3v) is 3.64. The minimum absolute atomic E-state index is 0.146. The Morgan fingerprint density at radius 3 is 2.58 bits per heavy atom. The summed E-state index contributed by atoms with van der Waals surface area (Å²) in [6.07, 6.45) is 1.54. The lowest BCUT2D eigenvalue weighted by Gasteiger charge is -2.09. The first-order chi connectivity index (χ1) is 12.4. The number of nitriles is 1. The predicted octanol–water partition coefficient (Wildman–Crippen LogP) is 1.56. The number of hydrogen-bond donors (Lipinski definition) is 3. The highest BCUT2D eigenvalue weighted by Crippen LogP contribution is 2.32. The molecule has 2 aromatic heterocycles. The summed E-state index contributed by atoms with van der Waals surface area (Å²) >= 11 is 0. The van der Waals surface area contributed by atoms with Gasteiger partial charge in [0.15, 0.2) is 17.1 Å². The zero-order chi connectivity index (χ0) is 18.8. The first-order valence-electron chi connectivity index (χ1n) is 7.32. The quantitative estimate of drug-likeness (QED) is 0.652. The Labute approximate surface area is 145 Å². The molecule has 0 saturated carbocycles. The van der Waals surface area contributed by atoms with Gasteiger partial charge in [-0.2, -0.15) is 5.26 Å². The fourth-order valence-electron chi connectivity index (χ4n) is 2.50. The summed E-state index contributed by atoms with van der Waals surface area (Å²) in [4.78, 5) is 26.5. The first kappa shape index (κ1) is 16.9. The lowest BCUT2D eigenvalue weighted by atomic mass is 10.2. The molecule has 3 aromatic rings. The third kappa shape index (κ3) is 2.91. The van der Waals surface area contributed by atoms with Crippen molar-refractivity contribution in [1.82, 2.24) is 14.9 Å². The van der Waals surface area contributed by atoms with E-state index in [1.165, 1.54) is 34.9 Å². The van der Waals surface area contributed by atoms with Gasteiger partial charge in [0, 0.05) is 17.3 Å². The molecule has 26 heavy (non-hydrogen) atoms. The molecule has 0 saturated heterocycles. The van der Waals surface area contributed by atoms with E-state index in [0.717, 1.165) is 0 Å². The summed E-state index contributed by atoms with van der Waals surface area (Å²) in [5, 5.41) is 30.6. The van der Waals surface area contributed by atoms with Gasteiger partial charge in [-0.05, 0) is 30.3 Å². The van der Waals surface area contributed by atoms with Crippen molar-refractivity contribution in [3.05, 3.63) is 53.7 Å². The molecule has 0 atom stereocenters. The number of aromatic nitrogens is 2. The van der Waals surface area contributed by atoms with E-state index in [9.17, 15) is 24.3 Å². The highest BCUT2D eigenvalue weighted by atomic mass is 19.1. The van der Waals surface area contributed by atoms with Crippen molar-refractivity contribution in [2.75, 3.05) is 6.54 Å². The van der Waals surface area contributed by atoms with Gasteiger partial charge >= 0.3 is 5.97 Å². The minimum Gasteiger partial charge on any atom is -0.505 e. The molecule has 0 fully saturated rings. The van der Waals surface area contributed by atoms with Crippen LogP contribution in [0.3, 0.4) is 0 Å². The molecule has 3 rings (SSSR count). The van der Waals surface area contributed by atoms with Gasteiger partial charge in [-0.3, -0.25) is 9.59 Å². The van der Waals surface area contributed by atoms with Crippen molar-refractivity contribution >= 4 is 22.8 Å². The van der Waals surface area contributed by atoms with Crippen LogP contribution in [0, 0.1) is 17.1 Å². The SMILES string of the molecule is N#Cc1nc(C(=O)NCC(=O)O)c(O)c2ccn(-c3ccc(F)cc3)c12. The standard InChI is InChI=1S/C17H11FN4O4/c18-9-1-3-10(4-2-9)22-6-5-11-15(22)12(7-19)21-14(16(11)25)17(26)20-8-13(23)24/h1-6,25H,8H2,(H,20,26)(H,23,24). The maximum absolute atomic E-state index is 13.1. The van der Waals surface area contributed by atoms with E-state index in [0.29, 0.717) is 5.69 Å². The van der Waals surface area contributed by atoms with Crippen LogP contribution in [0.4, 0.5) is 4.39 Å². The monoisotopic (exact) mass is 354 g/mol. The van der Waals surface area contributed by atoms with Crippen molar-refractivity contribution in [2.24, 2.45) is 0 Å². The van der Waals surface area contributed by atoms with Gasteiger partial charge < -0.3 is 20.1 Å². The van der Waals surface area contributed by atoms with Gasteiger partial charge in [-0.1, -0.05) is 0 Å². The second-order valence-electron chi connectivity index (χ2n) is 5.27. The number of carbonyl (C=O) groups is 2. The molecule has 0 unspecified atom stereocenters. The van der Waals surface area contributed by atoms with E-state index in [1.54, 1.807) is 6.20 Å². The Balaban J connectivity index is 2.15. The van der Waals surface area contributed by atoms with Crippen molar-refractivity contribution in [3.63, 3.8) is 0 Å². The average Bonchev–Trinajstić information content (AvgIpc) is 3.06. The number of carboxylic acids is 1. The number of rotatable bonds is 4. The number of nitrogens with zero attached hydrogens (tertiary/aromatic N) is 3. The molecule has 130 valence electrons. The number of pyridine rings is 1. The van der Waals surface area contributed by atoms with E-state index in [4.69, 9.17) is 5.11 Å². The highest BCUT2D eigenvalue weighted by Gasteiger charge is 2.22. The molecule has 0 radical (unpaired) electrons. The van der Waals surface area contributed by atoms with Crippen LogP contribution >= 0.6 is 0 Å². The van der Waals surface area contributed by atoms with Crippen molar-refractivity contribution in [3.8, 4) is 17.5 Å². The molecule has 3 N–H and O–H groups in total. The molecular formula is C17H11FN4O4. The molecule has 0 spiro atoms. The van der Waals surface area contributed by atoms with Gasteiger partial charge in [-0.25, -0.2) is 9.37 Å². The molecule has 0 aliphatic heterocycles. The predicted molar refractivity (Wildman–Crippen MR) is 87.4 cm³/mol. The number of nitrogens with one attached hydrogen (secondary N) is 1. The van der Waals surface area contributed by atoms with Gasteiger partial charge in [0.2, 0.25) is 0 Å². The van der Waals surface area contributed by atoms with Crippen molar-refractivity contribution < 1.29 is 24.2 Å². The van der Waals surface area contributed by atoms with Crippen molar-refractivity contribution in [1.29, 1.82) is 5.26 Å². The number of fused-ring (bicyclic) bond motifs is 1. The third-order valence-electron chi connectivity index (χ3n) is 3.64. The molecule has 0 bridgehead atoms. The fourth-order valence-corrected chi connectivity index (χ4v) is 2.50. The molecule has 0 aliphatic rings. The van der Waals surface area contributed by atoms with Gasteiger partial charge in [0.1, 0.15) is 18.4 Å². The molecule has 1 amide bonds. The number of aromatic hydroxyl groups is 1. The molecule has 8 nitrogen and oxygen atoms in total. The lowest BCUT2D eigenvalue weighted by molar-refractivity contribution is -0.135. The summed E-state index contributed by atoms with van der Waals surface area (Å²) < 4.78 is 14.6. The van der Waals surface area contributed by atoms with E-state index >= 15 is 0 Å². The van der Waals surface area contributed by atoms with Gasteiger partial charge in [0.25, 0.3) is 5.91 Å². The normalized spacial score (nSPS) is 10.5. The van der Waals surface area contributed by atoms with Crippen LogP contribution in [0.2, 0.25) is 0 Å². The second-order valence-corrected chi connectivity index (χ2v) is 5.27. The summed E-state index contributed by atoms with van der Waals surface area (Å²) in [7, 11) is 0. The van der Waals surface area contributed by atoms with Crippen LogP contribution in [0.5, 0.6) is 5.75 Å². The number of amides is 1. The van der Waals surface area contributed by atoms with E-state index in [-0.39, 0.29) is 16.6 Å². The number of aliphatic carboxylic acids is 1. The maximum atomic E-state index is 13.1. The molecule has 2 heterocycles. The smallest absolute Gasteiger partial charge is 0.322 e. The molecule has 1 aromatic carbocycles. The Bertz CT molecular complexity index is 1070. The largest absolute Gasteiger partial charge is 0.505 e. The first-order valence-corrected chi connectivity index (χ1v) is 7.32. The van der Waals surface area contributed by atoms with E-state index in [2.05, 4.69) is 10.3 Å². The van der Waals surface area contributed by atoms with Crippen LogP contribution in [0.15, 0.2) is 36.5 Å². The second kappa shape index (κ2) is 6.52. The topological polar surface area (TPSA) is 128 Å². The highest BCUT2D eigenvalue weighted by molar-refractivity contribution is 6.03. The Kier molecular flexibility index (Phi) is 4.24. The Hall–Kier alpha value is -3.93. The van der Waals surface area contributed by atoms with Crippen LogP contribution in [0.25, 0.3) is 16.6 Å². The van der Waals surface area contributed by atoms with Gasteiger partial charge in [0.05, 0.1) is 5.52 Å². The zero-order valence-corrected chi connectivity index (χ0v) is 13.1. The molecular weight excluding hydrogens is 343 g/mol. The summed E-state index contributed by atoms with van der Waals surface area (Å²) in [5.41, 5.74) is 0.174. The lowest BCUT2D eigenvalue weighted by Crippen LogP contribution is -2.30. The number of carboxylic acid groups (broad SMARTS) is 1. The van der Waals surface area contributed by atoms with Crippen LogP contribution in [-0.4, -0.2) is 38.2 Å². The Morgan fingerprint density at radius 2 is 1.96 bits per heavy atom. The van der Waals surface area contributed by atoms with Gasteiger partial charge in [-0.15, -0.1) is 0 Å². The van der Waals surface area contributed by atoms with Crippen LogP contribution in [-0.2, 0) is 4.79 Å². The summed E-state index contributed by atoms with van der Waals surface area (Å²) in [5.74, 6) is -3.09. The van der Waals surface area contributed by atoms with Crippen LogP contribution in [0.1, 0.15) is 16.2 Å². The Morgan fingerprint density at radius 1 is 1.27 bits per heavy atom. The number of benzene rings is 1. The van der Waals surface area contributed by atoms with E-state index < -0.39 is 35.7 Å². The van der Waals surface area contributed by atoms with Crippen molar-refractivity contribution in [2.45, 2.75) is 0 Å². The van der Waals surface area contributed by atoms with E-state index in [1.807, 2.05) is 6.07 Å². The zero-order valence-electron chi connectivity index (χ0n) is 13.1. The number of hydrogen-bond acceptors (Lipinski definition) is 5. The fraction of sp³-hybridized carbons (Fsp3) is 0.0588. The number of halogens is 1. The molecule has 0 aliphatic carbocycles. The van der Waals surface area contributed by atoms with Crippen LogP contribution < -0.4 is 5.32 Å². The average molecular weight is 354 g/mol. The minimum atomic E-state index is -1.26. The molecule has 9 heteroatoms. The summed E-state index contributed by atoms with van der Waals surface area (Å²) in [6.45, 7) is -0.656. The number of carbonyl (C=O) groups excluding carboxylic acids is 1. The maximum Gasteiger partial charge on any atom is 0.322 e.